The lowest BCUT2D eigenvalue weighted by molar-refractivity contribution is -0.120. The molecule has 3 aromatic rings. The van der Waals surface area contributed by atoms with Crippen molar-refractivity contribution in [3.8, 4) is 5.75 Å². The number of nitrogens with zero attached hydrogens (tertiary/aromatic N) is 1. The maximum Gasteiger partial charge on any atom is 0.283 e. The standard InChI is InChI=1S/C26H21Cl2N3O4/c1-15(16-6-4-3-5-7-16)29-24(32)17-8-11-19(12-9-17)30-23-22(28)25(33)31(26(23)34)20-14-18(27)10-13-21(20)35-2/h3-15,30H,1-2H3,(H,29,32). The zero-order valence-electron chi connectivity index (χ0n) is 18.8. The predicted molar refractivity (Wildman–Crippen MR) is 136 cm³/mol. The first-order chi connectivity index (χ1) is 16.8. The fraction of sp³-hybridized carbons (Fsp3) is 0.115. The van der Waals surface area contributed by atoms with Crippen molar-refractivity contribution < 1.29 is 19.1 Å². The zero-order valence-corrected chi connectivity index (χ0v) is 20.4. The van der Waals surface area contributed by atoms with Crippen molar-refractivity contribution in [1.29, 1.82) is 0 Å². The van der Waals surface area contributed by atoms with E-state index in [9.17, 15) is 14.4 Å². The first-order valence-corrected chi connectivity index (χ1v) is 11.4. The summed E-state index contributed by atoms with van der Waals surface area (Å²) in [6.07, 6.45) is 0. The highest BCUT2D eigenvalue weighted by Gasteiger charge is 2.40. The van der Waals surface area contributed by atoms with Gasteiger partial charge in [0.2, 0.25) is 0 Å². The van der Waals surface area contributed by atoms with Crippen LogP contribution in [0, 0.1) is 0 Å². The molecule has 0 bridgehead atoms. The van der Waals surface area contributed by atoms with Crippen LogP contribution in [0.1, 0.15) is 28.9 Å². The molecule has 1 heterocycles. The molecule has 7 nitrogen and oxygen atoms in total. The number of amides is 3. The maximum atomic E-state index is 13.1. The molecule has 178 valence electrons. The topological polar surface area (TPSA) is 87.7 Å². The highest BCUT2D eigenvalue weighted by atomic mass is 35.5. The minimum absolute atomic E-state index is 0.0893. The quantitative estimate of drug-likeness (QED) is 0.423. The van der Waals surface area contributed by atoms with Crippen LogP contribution < -0.4 is 20.3 Å². The number of ether oxygens (including phenoxy) is 1. The molecular weight excluding hydrogens is 489 g/mol. The molecule has 3 aromatic carbocycles. The molecule has 0 spiro atoms. The molecule has 1 aliphatic heterocycles. The van der Waals surface area contributed by atoms with Crippen LogP contribution in [-0.2, 0) is 9.59 Å². The van der Waals surface area contributed by atoms with Gasteiger partial charge in [-0.05, 0) is 55.0 Å². The first-order valence-electron chi connectivity index (χ1n) is 10.6. The van der Waals surface area contributed by atoms with Crippen molar-refractivity contribution >= 4 is 52.3 Å². The Bertz CT molecular complexity index is 1320. The molecule has 0 fully saturated rings. The minimum atomic E-state index is -0.703. The lowest BCUT2D eigenvalue weighted by Gasteiger charge is -2.18. The first kappa shape index (κ1) is 24.3. The summed E-state index contributed by atoms with van der Waals surface area (Å²) < 4.78 is 5.26. The normalized spacial score (nSPS) is 14.2. The van der Waals surface area contributed by atoms with Crippen LogP contribution in [0.25, 0.3) is 0 Å². The van der Waals surface area contributed by atoms with E-state index in [-0.39, 0.29) is 28.4 Å². The highest BCUT2D eigenvalue weighted by molar-refractivity contribution is 6.53. The summed E-state index contributed by atoms with van der Waals surface area (Å²) in [4.78, 5) is 39.4. The number of anilines is 2. The number of hydrogen-bond acceptors (Lipinski definition) is 5. The van der Waals surface area contributed by atoms with Crippen molar-refractivity contribution in [2.45, 2.75) is 13.0 Å². The Hall–Kier alpha value is -3.81. The van der Waals surface area contributed by atoms with Crippen molar-refractivity contribution in [3.05, 3.63) is 99.7 Å². The summed E-state index contributed by atoms with van der Waals surface area (Å²) in [7, 11) is 1.42. The number of methoxy groups -OCH3 is 1. The molecule has 0 saturated carbocycles. The lowest BCUT2D eigenvalue weighted by atomic mass is 10.1. The molecule has 1 unspecified atom stereocenters. The van der Waals surface area contributed by atoms with Gasteiger partial charge >= 0.3 is 0 Å². The fourth-order valence-electron chi connectivity index (χ4n) is 3.62. The van der Waals surface area contributed by atoms with Crippen LogP contribution in [0.5, 0.6) is 5.75 Å². The maximum absolute atomic E-state index is 13.1. The van der Waals surface area contributed by atoms with E-state index in [4.69, 9.17) is 27.9 Å². The molecule has 0 aliphatic carbocycles. The SMILES string of the molecule is COc1ccc(Cl)cc1N1C(=O)C(Cl)=C(Nc2ccc(C(=O)NC(C)c3ccccc3)cc2)C1=O. The van der Waals surface area contributed by atoms with E-state index in [1.165, 1.54) is 13.2 Å². The molecule has 4 rings (SSSR count). The molecule has 3 amide bonds. The predicted octanol–water partition coefficient (Wildman–Crippen LogP) is 5.28. The van der Waals surface area contributed by atoms with Gasteiger partial charge in [-0.1, -0.05) is 53.5 Å². The van der Waals surface area contributed by atoms with Crippen LogP contribution in [-0.4, -0.2) is 24.8 Å². The summed E-state index contributed by atoms with van der Waals surface area (Å²) in [5.41, 5.74) is 2.01. The largest absolute Gasteiger partial charge is 0.495 e. The molecule has 0 radical (unpaired) electrons. The number of carbonyl (C=O) groups excluding carboxylic acids is 3. The number of rotatable bonds is 7. The number of imide groups is 1. The molecular formula is C26H21Cl2N3O4. The number of carbonyl (C=O) groups is 3. The Balaban J connectivity index is 1.48. The van der Waals surface area contributed by atoms with E-state index in [0.29, 0.717) is 22.0 Å². The number of halogens is 2. The van der Waals surface area contributed by atoms with E-state index >= 15 is 0 Å². The summed E-state index contributed by atoms with van der Waals surface area (Å²) in [6.45, 7) is 1.90. The van der Waals surface area contributed by atoms with Gasteiger partial charge in [0.1, 0.15) is 16.5 Å². The molecule has 0 aromatic heterocycles. The van der Waals surface area contributed by atoms with Gasteiger partial charge in [0.25, 0.3) is 17.7 Å². The van der Waals surface area contributed by atoms with Gasteiger partial charge in [0.05, 0.1) is 18.8 Å². The Morgan fingerprint density at radius 3 is 2.29 bits per heavy atom. The van der Waals surface area contributed by atoms with Gasteiger partial charge in [-0.3, -0.25) is 14.4 Å². The second-order valence-corrected chi connectivity index (χ2v) is 8.57. The third-order valence-electron chi connectivity index (χ3n) is 5.47. The molecule has 1 atom stereocenters. The Kier molecular flexibility index (Phi) is 7.10. The number of hydrogen-bond donors (Lipinski definition) is 2. The van der Waals surface area contributed by atoms with Crippen LogP contribution in [0.4, 0.5) is 11.4 Å². The number of nitrogens with one attached hydrogen (secondary N) is 2. The fourth-order valence-corrected chi connectivity index (χ4v) is 4.00. The Morgan fingerprint density at radius 2 is 1.63 bits per heavy atom. The van der Waals surface area contributed by atoms with Gasteiger partial charge in [0, 0.05) is 16.3 Å². The summed E-state index contributed by atoms with van der Waals surface area (Å²) >= 11 is 12.3. The minimum Gasteiger partial charge on any atom is -0.495 e. The monoisotopic (exact) mass is 509 g/mol. The summed E-state index contributed by atoms with van der Waals surface area (Å²) in [6, 6.07) is 20.5. The third-order valence-corrected chi connectivity index (χ3v) is 6.06. The second-order valence-electron chi connectivity index (χ2n) is 7.76. The van der Waals surface area contributed by atoms with Crippen molar-refractivity contribution in [2.75, 3.05) is 17.3 Å². The molecule has 2 N–H and O–H groups in total. The number of benzene rings is 3. The van der Waals surface area contributed by atoms with Crippen LogP contribution >= 0.6 is 23.2 Å². The molecule has 9 heteroatoms. The average Bonchev–Trinajstić information content (AvgIpc) is 3.07. The molecule has 0 saturated heterocycles. The van der Waals surface area contributed by atoms with Crippen molar-refractivity contribution in [3.63, 3.8) is 0 Å². The molecule has 1 aliphatic rings. The average molecular weight is 510 g/mol. The van der Waals surface area contributed by atoms with E-state index in [1.54, 1.807) is 36.4 Å². The zero-order chi connectivity index (χ0) is 25.1. The smallest absolute Gasteiger partial charge is 0.283 e. The van der Waals surface area contributed by atoms with E-state index in [0.717, 1.165) is 10.5 Å². The Morgan fingerprint density at radius 1 is 0.943 bits per heavy atom. The van der Waals surface area contributed by atoms with Gasteiger partial charge in [-0.2, -0.15) is 0 Å². The van der Waals surface area contributed by atoms with Gasteiger partial charge in [-0.15, -0.1) is 0 Å². The van der Waals surface area contributed by atoms with Gasteiger partial charge < -0.3 is 15.4 Å². The Labute approximate surface area is 212 Å². The van der Waals surface area contributed by atoms with Crippen LogP contribution in [0.2, 0.25) is 5.02 Å². The second kappa shape index (κ2) is 10.2. The summed E-state index contributed by atoms with van der Waals surface area (Å²) in [5, 5.41) is 5.89. The van der Waals surface area contributed by atoms with E-state index < -0.39 is 11.8 Å². The van der Waals surface area contributed by atoms with Gasteiger partial charge in [0.15, 0.2) is 0 Å². The van der Waals surface area contributed by atoms with Crippen LogP contribution in [0.15, 0.2) is 83.5 Å². The summed E-state index contributed by atoms with van der Waals surface area (Å²) in [5.74, 6) is -1.30. The third kappa shape index (κ3) is 5.01. The van der Waals surface area contributed by atoms with E-state index in [1.807, 2.05) is 37.3 Å². The van der Waals surface area contributed by atoms with Crippen molar-refractivity contribution in [1.82, 2.24) is 5.32 Å². The van der Waals surface area contributed by atoms with Crippen LogP contribution in [0.3, 0.4) is 0 Å². The van der Waals surface area contributed by atoms with Crippen molar-refractivity contribution in [2.24, 2.45) is 0 Å². The van der Waals surface area contributed by atoms with Gasteiger partial charge in [-0.25, -0.2) is 4.90 Å². The van der Waals surface area contributed by atoms with E-state index in [2.05, 4.69) is 10.6 Å². The highest BCUT2D eigenvalue weighted by Crippen LogP contribution is 2.37. The molecule has 35 heavy (non-hydrogen) atoms. The lowest BCUT2D eigenvalue weighted by Crippen LogP contribution is -2.32.